The molecule has 0 bridgehead atoms. The van der Waals surface area contributed by atoms with Crippen molar-refractivity contribution >= 4 is 17.4 Å². The summed E-state index contributed by atoms with van der Waals surface area (Å²) in [7, 11) is 1.62. The Balaban J connectivity index is 2.53. The standard InChI is InChI=1S/C12H19N3O2/c1-8(7-17-3)4-12(16)15-11-5-9(2)10(13)6-14-11/h5-6,8H,4,7,13H2,1-3H3,(H,14,15,16). The Bertz CT molecular complexity index is 393. The van der Waals surface area contributed by atoms with Crippen molar-refractivity contribution in [3.63, 3.8) is 0 Å². The van der Waals surface area contributed by atoms with E-state index in [1.807, 2.05) is 13.8 Å². The van der Waals surface area contributed by atoms with Gasteiger partial charge >= 0.3 is 0 Å². The lowest BCUT2D eigenvalue weighted by Gasteiger charge is -2.10. The number of hydrogen-bond donors (Lipinski definition) is 2. The molecule has 94 valence electrons. The van der Waals surface area contributed by atoms with Gasteiger partial charge in [-0.1, -0.05) is 6.92 Å². The summed E-state index contributed by atoms with van der Waals surface area (Å²) in [5.41, 5.74) is 7.17. The molecule has 0 radical (unpaired) electrons. The first-order chi connectivity index (χ1) is 8.02. The molecule has 1 heterocycles. The molecule has 0 saturated carbocycles. The SMILES string of the molecule is COCC(C)CC(=O)Nc1cc(C)c(N)cn1. The van der Waals surface area contributed by atoms with Gasteiger partial charge in [-0.15, -0.1) is 0 Å². The maximum atomic E-state index is 11.7. The number of ether oxygens (including phenoxy) is 1. The number of carbonyl (C=O) groups is 1. The van der Waals surface area contributed by atoms with Gasteiger partial charge in [0, 0.05) is 20.1 Å². The van der Waals surface area contributed by atoms with Crippen molar-refractivity contribution in [1.29, 1.82) is 0 Å². The summed E-state index contributed by atoms with van der Waals surface area (Å²) in [5.74, 6) is 0.660. The number of nitrogens with two attached hydrogens (primary N) is 1. The van der Waals surface area contributed by atoms with Crippen LogP contribution in [-0.4, -0.2) is 24.6 Å². The molecular weight excluding hydrogens is 218 g/mol. The summed E-state index contributed by atoms with van der Waals surface area (Å²) in [6.45, 7) is 4.41. The van der Waals surface area contributed by atoms with Crippen LogP contribution in [0, 0.1) is 12.8 Å². The number of pyridine rings is 1. The van der Waals surface area contributed by atoms with Crippen molar-refractivity contribution < 1.29 is 9.53 Å². The van der Waals surface area contributed by atoms with Crippen molar-refractivity contribution in [1.82, 2.24) is 4.98 Å². The molecule has 0 aliphatic carbocycles. The van der Waals surface area contributed by atoms with E-state index in [4.69, 9.17) is 10.5 Å². The Hall–Kier alpha value is -1.62. The predicted octanol–water partition coefficient (Wildman–Crippen LogP) is 1.58. The smallest absolute Gasteiger partial charge is 0.225 e. The molecule has 0 aliphatic rings. The van der Waals surface area contributed by atoms with E-state index >= 15 is 0 Å². The molecule has 5 nitrogen and oxygen atoms in total. The molecule has 1 unspecified atom stereocenters. The number of nitrogen functional groups attached to an aromatic ring is 1. The molecule has 1 rings (SSSR count). The molecule has 3 N–H and O–H groups in total. The Morgan fingerprint density at radius 2 is 2.35 bits per heavy atom. The number of methoxy groups -OCH3 is 1. The maximum absolute atomic E-state index is 11.7. The van der Waals surface area contributed by atoms with Gasteiger partial charge in [0.2, 0.25) is 5.91 Å². The molecule has 0 aromatic carbocycles. The summed E-state index contributed by atoms with van der Waals surface area (Å²) < 4.78 is 4.98. The van der Waals surface area contributed by atoms with E-state index in [9.17, 15) is 4.79 Å². The largest absolute Gasteiger partial charge is 0.397 e. The van der Waals surface area contributed by atoms with E-state index in [0.717, 1.165) is 5.56 Å². The first-order valence-electron chi connectivity index (χ1n) is 5.53. The maximum Gasteiger partial charge on any atom is 0.225 e. The van der Waals surface area contributed by atoms with Gasteiger partial charge in [-0.05, 0) is 24.5 Å². The average molecular weight is 237 g/mol. The van der Waals surface area contributed by atoms with Gasteiger partial charge in [-0.2, -0.15) is 0 Å². The van der Waals surface area contributed by atoms with E-state index in [-0.39, 0.29) is 11.8 Å². The van der Waals surface area contributed by atoms with Crippen LogP contribution in [0.3, 0.4) is 0 Å². The van der Waals surface area contributed by atoms with Gasteiger partial charge in [0.15, 0.2) is 0 Å². The van der Waals surface area contributed by atoms with Crippen molar-refractivity contribution in [3.8, 4) is 0 Å². The van der Waals surface area contributed by atoms with Crippen LogP contribution in [0.25, 0.3) is 0 Å². The number of amides is 1. The van der Waals surface area contributed by atoms with E-state index in [0.29, 0.717) is 24.5 Å². The third-order valence-electron chi connectivity index (χ3n) is 2.40. The highest BCUT2D eigenvalue weighted by Gasteiger charge is 2.10. The van der Waals surface area contributed by atoms with Gasteiger partial charge in [-0.3, -0.25) is 4.79 Å². The Labute approximate surface area is 101 Å². The molecule has 0 saturated heterocycles. The molecule has 0 spiro atoms. The highest BCUT2D eigenvalue weighted by Crippen LogP contribution is 2.13. The van der Waals surface area contributed by atoms with Crippen molar-refractivity contribution in [2.45, 2.75) is 20.3 Å². The Morgan fingerprint density at radius 1 is 1.65 bits per heavy atom. The zero-order valence-electron chi connectivity index (χ0n) is 10.5. The minimum Gasteiger partial charge on any atom is -0.397 e. The van der Waals surface area contributed by atoms with E-state index in [2.05, 4.69) is 10.3 Å². The number of nitrogens with one attached hydrogen (secondary N) is 1. The normalized spacial score (nSPS) is 12.2. The van der Waals surface area contributed by atoms with Gasteiger partial charge in [0.05, 0.1) is 11.9 Å². The number of carbonyl (C=O) groups excluding carboxylic acids is 1. The molecule has 17 heavy (non-hydrogen) atoms. The molecule has 1 amide bonds. The fraction of sp³-hybridized carbons (Fsp3) is 0.500. The third-order valence-corrected chi connectivity index (χ3v) is 2.40. The minimum absolute atomic E-state index is 0.0637. The molecule has 0 aliphatic heterocycles. The quantitative estimate of drug-likeness (QED) is 0.815. The van der Waals surface area contributed by atoms with Crippen molar-refractivity contribution in [2.75, 3.05) is 24.8 Å². The lowest BCUT2D eigenvalue weighted by Crippen LogP contribution is -2.18. The molecule has 0 fully saturated rings. The lowest BCUT2D eigenvalue weighted by atomic mass is 10.1. The van der Waals surface area contributed by atoms with Crippen molar-refractivity contribution in [3.05, 3.63) is 17.8 Å². The first-order valence-corrected chi connectivity index (χ1v) is 5.53. The first kappa shape index (κ1) is 13.4. The molecule has 1 atom stereocenters. The fourth-order valence-corrected chi connectivity index (χ4v) is 1.49. The van der Waals surface area contributed by atoms with E-state index in [1.54, 1.807) is 19.4 Å². The van der Waals surface area contributed by atoms with Crippen LogP contribution in [0.15, 0.2) is 12.3 Å². The van der Waals surface area contributed by atoms with Crippen LogP contribution < -0.4 is 11.1 Å². The monoisotopic (exact) mass is 237 g/mol. The second-order valence-electron chi connectivity index (χ2n) is 4.24. The topological polar surface area (TPSA) is 77.2 Å². The van der Waals surface area contributed by atoms with Gasteiger partial charge < -0.3 is 15.8 Å². The number of nitrogens with zero attached hydrogens (tertiary/aromatic N) is 1. The predicted molar refractivity (Wildman–Crippen MR) is 67.7 cm³/mol. The highest BCUT2D eigenvalue weighted by atomic mass is 16.5. The fourth-order valence-electron chi connectivity index (χ4n) is 1.49. The van der Waals surface area contributed by atoms with Crippen LogP contribution in [0.1, 0.15) is 18.9 Å². The van der Waals surface area contributed by atoms with Gasteiger partial charge in [0.1, 0.15) is 5.82 Å². The van der Waals surface area contributed by atoms with Crippen LogP contribution in [0.4, 0.5) is 11.5 Å². The number of anilines is 2. The minimum atomic E-state index is -0.0637. The summed E-state index contributed by atoms with van der Waals surface area (Å²) in [5, 5.41) is 2.74. The zero-order valence-corrected chi connectivity index (χ0v) is 10.5. The molecular formula is C12H19N3O2. The molecule has 1 aromatic rings. The zero-order chi connectivity index (χ0) is 12.8. The summed E-state index contributed by atoms with van der Waals surface area (Å²) in [4.78, 5) is 15.7. The van der Waals surface area contributed by atoms with Gasteiger partial charge in [-0.25, -0.2) is 4.98 Å². The molecule has 5 heteroatoms. The second-order valence-corrected chi connectivity index (χ2v) is 4.24. The summed E-state index contributed by atoms with van der Waals surface area (Å²) >= 11 is 0. The van der Waals surface area contributed by atoms with Crippen LogP contribution in [0.2, 0.25) is 0 Å². The van der Waals surface area contributed by atoms with E-state index in [1.165, 1.54) is 0 Å². The number of aromatic nitrogens is 1. The van der Waals surface area contributed by atoms with E-state index < -0.39 is 0 Å². The second kappa shape index (κ2) is 6.20. The number of rotatable bonds is 5. The lowest BCUT2D eigenvalue weighted by molar-refractivity contribution is -0.117. The summed E-state index contributed by atoms with van der Waals surface area (Å²) in [6.07, 6.45) is 1.96. The molecule has 1 aromatic heterocycles. The van der Waals surface area contributed by atoms with Crippen LogP contribution in [-0.2, 0) is 9.53 Å². The average Bonchev–Trinajstić information content (AvgIpc) is 2.23. The van der Waals surface area contributed by atoms with Crippen molar-refractivity contribution in [2.24, 2.45) is 5.92 Å². The van der Waals surface area contributed by atoms with Crippen LogP contribution >= 0.6 is 0 Å². The number of aryl methyl sites for hydroxylation is 1. The summed E-state index contributed by atoms with van der Waals surface area (Å²) in [6, 6.07) is 1.76. The Kier molecular flexibility index (Phi) is 4.90. The van der Waals surface area contributed by atoms with Gasteiger partial charge in [0.25, 0.3) is 0 Å². The Morgan fingerprint density at radius 3 is 2.94 bits per heavy atom. The third kappa shape index (κ3) is 4.40. The number of hydrogen-bond acceptors (Lipinski definition) is 4. The van der Waals surface area contributed by atoms with Crippen LogP contribution in [0.5, 0.6) is 0 Å². The highest BCUT2D eigenvalue weighted by molar-refractivity contribution is 5.90.